The van der Waals surface area contributed by atoms with Gasteiger partial charge in [0, 0.05) is 4.92 Å². The summed E-state index contributed by atoms with van der Waals surface area (Å²) >= 11 is 0. The van der Waals surface area contributed by atoms with Crippen molar-refractivity contribution < 1.29 is 14.5 Å². The Balaban J connectivity index is 2.07. The Morgan fingerprint density at radius 1 is 1.04 bits per heavy atom. The fraction of sp³-hybridized carbons (Fsp3) is 0.278. The Morgan fingerprint density at radius 3 is 2.08 bits per heavy atom. The van der Waals surface area contributed by atoms with Crippen molar-refractivity contribution in [3.8, 4) is 0 Å². The topological polar surface area (TPSA) is 81.5 Å². The van der Waals surface area contributed by atoms with Crippen LogP contribution in [0.3, 0.4) is 0 Å². The molecule has 3 rings (SSSR count). The van der Waals surface area contributed by atoms with Gasteiger partial charge in [-0.2, -0.15) is 0 Å². The molecule has 4 atom stereocenters. The first-order chi connectivity index (χ1) is 11.6. The number of methoxy groups -OCH3 is 1. The van der Waals surface area contributed by atoms with E-state index in [1.807, 2.05) is 60.7 Å². The van der Waals surface area contributed by atoms with Gasteiger partial charge in [0.1, 0.15) is 12.1 Å². The zero-order chi connectivity index (χ0) is 17.1. The molecular weight excluding hydrogens is 308 g/mol. The van der Waals surface area contributed by atoms with Crippen molar-refractivity contribution in [1.29, 1.82) is 0 Å². The standard InChI is InChI=1S/C18H18N2O4/c1-24-18(21)16-14(12-8-4-2-5-9-12)17(20(22)23)15(19-16)13-10-6-3-7-11-13/h2-11,14-17,19H,1H3/t14-,15-,16-,17+/m0/s1. The molecule has 0 saturated carbocycles. The van der Waals surface area contributed by atoms with Gasteiger partial charge < -0.3 is 4.74 Å². The van der Waals surface area contributed by atoms with Gasteiger partial charge in [-0.15, -0.1) is 0 Å². The highest BCUT2D eigenvalue weighted by molar-refractivity contribution is 5.78. The number of carbonyl (C=O) groups excluding carboxylic acids is 1. The molecule has 0 aromatic heterocycles. The van der Waals surface area contributed by atoms with E-state index in [2.05, 4.69) is 5.32 Å². The summed E-state index contributed by atoms with van der Waals surface area (Å²) in [5.41, 5.74) is 1.53. The zero-order valence-electron chi connectivity index (χ0n) is 13.2. The van der Waals surface area contributed by atoms with E-state index in [0.29, 0.717) is 0 Å². The highest BCUT2D eigenvalue weighted by Crippen LogP contribution is 2.40. The summed E-state index contributed by atoms with van der Waals surface area (Å²) < 4.78 is 4.87. The van der Waals surface area contributed by atoms with Crippen LogP contribution in [0.5, 0.6) is 0 Å². The van der Waals surface area contributed by atoms with Crippen LogP contribution in [-0.4, -0.2) is 30.1 Å². The predicted octanol–water partition coefficient (Wildman–Crippen LogP) is 2.30. The summed E-state index contributed by atoms with van der Waals surface area (Å²) in [6.45, 7) is 0. The van der Waals surface area contributed by atoms with Crippen LogP contribution in [-0.2, 0) is 9.53 Å². The smallest absolute Gasteiger partial charge is 0.323 e. The quantitative estimate of drug-likeness (QED) is 0.530. The average molecular weight is 326 g/mol. The second-order valence-corrected chi connectivity index (χ2v) is 5.77. The highest BCUT2D eigenvalue weighted by Gasteiger charge is 2.54. The van der Waals surface area contributed by atoms with Crippen LogP contribution in [0.4, 0.5) is 0 Å². The van der Waals surface area contributed by atoms with E-state index in [0.717, 1.165) is 11.1 Å². The van der Waals surface area contributed by atoms with Crippen LogP contribution in [0.15, 0.2) is 60.7 Å². The number of ether oxygens (including phenoxy) is 1. The van der Waals surface area contributed by atoms with Gasteiger partial charge in [-0.1, -0.05) is 60.7 Å². The lowest BCUT2D eigenvalue weighted by Crippen LogP contribution is -2.37. The molecule has 0 bridgehead atoms. The number of nitrogens with zero attached hydrogens (tertiary/aromatic N) is 1. The normalized spacial score (nSPS) is 26.0. The molecule has 1 aliphatic heterocycles. The van der Waals surface area contributed by atoms with Gasteiger partial charge in [0.25, 0.3) is 0 Å². The summed E-state index contributed by atoms with van der Waals surface area (Å²) in [6, 6.07) is 16.0. The van der Waals surface area contributed by atoms with Crippen molar-refractivity contribution >= 4 is 5.97 Å². The molecule has 24 heavy (non-hydrogen) atoms. The molecule has 1 aliphatic rings. The van der Waals surface area contributed by atoms with E-state index < -0.39 is 30.0 Å². The molecule has 0 amide bonds. The molecule has 2 aromatic rings. The molecule has 6 nitrogen and oxygen atoms in total. The molecule has 0 aliphatic carbocycles. The number of hydrogen-bond donors (Lipinski definition) is 1. The number of nitro groups is 1. The van der Waals surface area contributed by atoms with E-state index in [1.165, 1.54) is 7.11 Å². The molecular formula is C18H18N2O4. The van der Waals surface area contributed by atoms with Crippen molar-refractivity contribution in [1.82, 2.24) is 5.32 Å². The number of benzene rings is 2. The molecule has 0 spiro atoms. The minimum absolute atomic E-state index is 0.300. The molecule has 124 valence electrons. The maximum atomic E-state index is 12.2. The molecule has 1 fully saturated rings. The number of hydrogen-bond acceptors (Lipinski definition) is 5. The minimum atomic E-state index is -0.959. The molecule has 1 heterocycles. The minimum Gasteiger partial charge on any atom is -0.468 e. The van der Waals surface area contributed by atoms with Gasteiger partial charge in [0.15, 0.2) is 0 Å². The summed E-state index contributed by atoms with van der Waals surface area (Å²) in [6.07, 6.45) is 0. The molecule has 0 unspecified atom stereocenters. The Morgan fingerprint density at radius 2 is 1.58 bits per heavy atom. The summed E-state index contributed by atoms with van der Waals surface area (Å²) in [7, 11) is 1.29. The molecule has 1 saturated heterocycles. The van der Waals surface area contributed by atoms with Crippen molar-refractivity contribution in [3.05, 3.63) is 81.9 Å². The first kappa shape index (κ1) is 16.1. The van der Waals surface area contributed by atoms with Crippen molar-refractivity contribution in [2.24, 2.45) is 0 Å². The Hall–Kier alpha value is -2.73. The van der Waals surface area contributed by atoms with Crippen molar-refractivity contribution in [2.75, 3.05) is 7.11 Å². The van der Waals surface area contributed by atoms with E-state index >= 15 is 0 Å². The Kier molecular flexibility index (Phi) is 4.57. The van der Waals surface area contributed by atoms with E-state index in [-0.39, 0.29) is 4.92 Å². The third-order valence-corrected chi connectivity index (χ3v) is 4.47. The Labute approximate surface area is 139 Å². The second kappa shape index (κ2) is 6.80. The number of esters is 1. The second-order valence-electron chi connectivity index (χ2n) is 5.77. The molecule has 2 aromatic carbocycles. The van der Waals surface area contributed by atoms with Gasteiger partial charge in [0.05, 0.1) is 13.0 Å². The van der Waals surface area contributed by atoms with Crippen LogP contribution >= 0.6 is 0 Å². The molecule has 1 N–H and O–H groups in total. The third kappa shape index (κ3) is 2.88. The van der Waals surface area contributed by atoms with Gasteiger partial charge in [-0.3, -0.25) is 20.2 Å². The van der Waals surface area contributed by atoms with Crippen LogP contribution in [0.2, 0.25) is 0 Å². The fourth-order valence-corrected chi connectivity index (χ4v) is 3.41. The maximum absolute atomic E-state index is 12.2. The zero-order valence-corrected chi connectivity index (χ0v) is 13.2. The van der Waals surface area contributed by atoms with Gasteiger partial charge in [-0.05, 0) is 11.1 Å². The van der Waals surface area contributed by atoms with Gasteiger partial charge in [0.2, 0.25) is 6.04 Å². The van der Waals surface area contributed by atoms with E-state index in [4.69, 9.17) is 4.74 Å². The maximum Gasteiger partial charge on any atom is 0.323 e. The largest absolute Gasteiger partial charge is 0.468 e. The SMILES string of the molecule is COC(=O)[C@H]1N[C@@H](c2ccccc2)[C@H]([N+](=O)[O-])[C@H]1c1ccccc1. The summed E-state index contributed by atoms with van der Waals surface area (Å²) in [5.74, 6) is -1.09. The molecule has 0 radical (unpaired) electrons. The first-order valence-corrected chi connectivity index (χ1v) is 7.70. The van der Waals surface area contributed by atoms with E-state index in [1.54, 1.807) is 0 Å². The van der Waals surface area contributed by atoms with Crippen LogP contribution in [0.1, 0.15) is 23.1 Å². The monoisotopic (exact) mass is 326 g/mol. The highest BCUT2D eigenvalue weighted by atomic mass is 16.6. The van der Waals surface area contributed by atoms with Crippen LogP contribution < -0.4 is 5.32 Å². The number of nitrogens with one attached hydrogen (secondary N) is 1. The van der Waals surface area contributed by atoms with Gasteiger partial charge in [-0.25, -0.2) is 0 Å². The van der Waals surface area contributed by atoms with E-state index in [9.17, 15) is 14.9 Å². The summed E-state index contributed by atoms with van der Waals surface area (Å²) in [5, 5.41) is 15.0. The third-order valence-electron chi connectivity index (χ3n) is 4.47. The van der Waals surface area contributed by atoms with Gasteiger partial charge >= 0.3 is 5.97 Å². The number of carbonyl (C=O) groups is 1. The fourth-order valence-electron chi connectivity index (χ4n) is 3.41. The van der Waals surface area contributed by atoms with Crippen LogP contribution in [0.25, 0.3) is 0 Å². The average Bonchev–Trinajstić information content (AvgIpc) is 3.03. The Bertz CT molecular complexity index is 720. The first-order valence-electron chi connectivity index (χ1n) is 7.70. The number of rotatable bonds is 4. The predicted molar refractivity (Wildman–Crippen MR) is 88.1 cm³/mol. The van der Waals surface area contributed by atoms with Crippen molar-refractivity contribution in [3.63, 3.8) is 0 Å². The lowest BCUT2D eigenvalue weighted by atomic mass is 9.85. The van der Waals surface area contributed by atoms with Crippen LogP contribution in [0, 0.1) is 10.1 Å². The van der Waals surface area contributed by atoms with Crippen molar-refractivity contribution in [2.45, 2.75) is 24.0 Å². The molecule has 6 heteroatoms. The summed E-state index contributed by atoms with van der Waals surface area (Å²) in [4.78, 5) is 23.8. The lowest BCUT2D eigenvalue weighted by molar-refractivity contribution is -0.527. The lowest BCUT2D eigenvalue weighted by Gasteiger charge is -2.19.